The molecule has 0 atom stereocenters. The molecule has 1 fully saturated rings. The minimum Gasteiger partial charge on any atom is -0.480 e. The number of carbonyl (C=O) groups is 2. The number of pyridine rings is 2. The molecule has 0 unspecified atom stereocenters. The number of hydrogen-bond acceptors (Lipinski definition) is 8. The zero-order valence-corrected chi connectivity index (χ0v) is 17.1. The average molecular weight is 424 g/mol. The third-order valence-electron chi connectivity index (χ3n) is 4.58. The van der Waals surface area contributed by atoms with Crippen molar-refractivity contribution in [1.82, 2.24) is 19.9 Å². The van der Waals surface area contributed by atoms with Gasteiger partial charge in [-0.15, -0.1) is 0 Å². The van der Waals surface area contributed by atoms with Crippen LogP contribution in [0, 0.1) is 6.92 Å². The van der Waals surface area contributed by atoms with Gasteiger partial charge in [0, 0.05) is 25.5 Å². The lowest BCUT2D eigenvalue weighted by Gasteiger charge is -2.33. The normalized spacial score (nSPS) is 14.1. The second-order valence-corrected chi connectivity index (χ2v) is 7.90. The van der Waals surface area contributed by atoms with Crippen LogP contribution >= 0.6 is 11.3 Å². The number of carbonyl (C=O) groups excluding carboxylic acids is 1. The van der Waals surface area contributed by atoms with Crippen molar-refractivity contribution in [3.8, 4) is 10.6 Å². The van der Waals surface area contributed by atoms with Crippen molar-refractivity contribution in [3.05, 3.63) is 48.3 Å². The van der Waals surface area contributed by atoms with Gasteiger partial charge in [-0.3, -0.25) is 9.59 Å². The number of carboxylic acid groups (broad SMARTS) is 1. The first-order valence-electron chi connectivity index (χ1n) is 9.35. The largest absolute Gasteiger partial charge is 0.480 e. The molecule has 1 aliphatic heterocycles. The number of carboxylic acids is 1. The number of piperazine rings is 1. The summed E-state index contributed by atoms with van der Waals surface area (Å²) in [5.74, 6) is 0.185. The summed E-state index contributed by atoms with van der Waals surface area (Å²) in [6, 6.07) is 9.56. The zero-order valence-electron chi connectivity index (χ0n) is 16.3. The summed E-state index contributed by atoms with van der Waals surface area (Å²) < 4.78 is 0. The third kappa shape index (κ3) is 4.54. The number of aliphatic carboxylic acids is 1. The molecule has 2 N–H and O–H groups in total. The van der Waals surface area contributed by atoms with Gasteiger partial charge in [-0.1, -0.05) is 17.4 Å². The predicted octanol–water partition coefficient (Wildman–Crippen LogP) is 2.39. The van der Waals surface area contributed by atoms with E-state index in [9.17, 15) is 9.59 Å². The van der Waals surface area contributed by atoms with Crippen molar-refractivity contribution < 1.29 is 14.7 Å². The molecule has 9 nitrogen and oxygen atoms in total. The maximum Gasteiger partial charge on any atom is 0.323 e. The van der Waals surface area contributed by atoms with Gasteiger partial charge in [0.2, 0.25) is 5.91 Å². The van der Waals surface area contributed by atoms with Crippen molar-refractivity contribution in [1.29, 1.82) is 0 Å². The standard InChI is InChI=1S/C20H20N6O3S/c1-13-5-6-21-17(9-13)24-16-4-2-3-14(23-16)15-10-22-20(30-15)26-8-7-25(12-19(28)29)18(27)11-26/h2-6,9-10H,7-8,11-12H2,1H3,(H,28,29)(H,21,23,24). The Morgan fingerprint density at radius 3 is 2.87 bits per heavy atom. The predicted molar refractivity (Wildman–Crippen MR) is 114 cm³/mol. The van der Waals surface area contributed by atoms with E-state index < -0.39 is 5.97 Å². The highest BCUT2D eigenvalue weighted by molar-refractivity contribution is 7.18. The maximum absolute atomic E-state index is 12.2. The number of nitrogens with one attached hydrogen (secondary N) is 1. The number of nitrogens with zero attached hydrogens (tertiary/aromatic N) is 5. The number of aryl methyl sites for hydroxylation is 1. The molecule has 0 spiro atoms. The van der Waals surface area contributed by atoms with Gasteiger partial charge >= 0.3 is 5.97 Å². The number of rotatable bonds is 6. The summed E-state index contributed by atoms with van der Waals surface area (Å²) in [4.78, 5) is 40.5. The Morgan fingerprint density at radius 1 is 1.23 bits per heavy atom. The van der Waals surface area contributed by atoms with Gasteiger partial charge in [-0.25, -0.2) is 15.0 Å². The van der Waals surface area contributed by atoms with Gasteiger partial charge in [0.05, 0.1) is 17.1 Å². The maximum atomic E-state index is 12.2. The minimum atomic E-state index is -1.01. The van der Waals surface area contributed by atoms with Gasteiger partial charge in [-0.05, 0) is 36.8 Å². The first-order valence-corrected chi connectivity index (χ1v) is 10.2. The summed E-state index contributed by atoms with van der Waals surface area (Å²) in [6.45, 7) is 2.76. The number of aromatic nitrogens is 3. The van der Waals surface area contributed by atoms with Gasteiger partial charge < -0.3 is 20.2 Å². The van der Waals surface area contributed by atoms with Crippen molar-refractivity contribution in [2.75, 3.05) is 36.4 Å². The van der Waals surface area contributed by atoms with Crippen molar-refractivity contribution >= 4 is 40.0 Å². The first-order chi connectivity index (χ1) is 14.5. The van der Waals surface area contributed by atoms with E-state index in [1.807, 2.05) is 42.2 Å². The van der Waals surface area contributed by atoms with E-state index in [2.05, 4.69) is 20.3 Å². The number of hydrogen-bond donors (Lipinski definition) is 2. The molecule has 4 heterocycles. The van der Waals surface area contributed by atoms with Gasteiger partial charge in [0.25, 0.3) is 0 Å². The SMILES string of the molecule is Cc1ccnc(Nc2cccc(-c3cnc(N4CCN(CC(=O)O)C(=O)C4)s3)n2)c1. The fourth-order valence-corrected chi connectivity index (χ4v) is 4.02. The van der Waals surface area contributed by atoms with E-state index in [4.69, 9.17) is 5.11 Å². The topological polar surface area (TPSA) is 112 Å². The summed E-state index contributed by atoms with van der Waals surface area (Å²) in [6.07, 6.45) is 3.49. The number of thiazole rings is 1. The molecule has 3 aromatic rings. The van der Waals surface area contributed by atoms with Crippen LogP contribution in [0.4, 0.5) is 16.8 Å². The van der Waals surface area contributed by atoms with Crippen LogP contribution in [0.3, 0.4) is 0 Å². The van der Waals surface area contributed by atoms with Gasteiger partial charge in [-0.2, -0.15) is 0 Å². The molecule has 4 rings (SSSR count). The summed E-state index contributed by atoms with van der Waals surface area (Å²) >= 11 is 1.45. The lowest BCUT2D eigenvalue weighted by atomic mass is 10.3. The van der Waals surface area contributed by atoms with Gasteiger partial charge in [0.1, 0.15) is 18.2 Å². The highest BCUT2D eigenvalue weighted by Gasteiger charge is 2.27. The molecular weight excluding hydrogens is 404 g/mol. The second-order valence-electron chi connectivity index (χ2n) is 6.89. The van der Waals surface area contributed by atoms with E-state index >= 15 is 0 Å². The third-order valence-corrected chi connectivity index (χ3v) is 5.66. The van der Waals surface area contributed by atoms with E-state index in [1.54, 1.807) is 12.4 Å². The Balaban J connectivity index is 1.47. The lowest BCUT2D eigenvalue weighted by Crippen LogP contribution is -2.51. The van der Waals surface area contributed by atoms with E-state index in [0.29, 0.717) is 24.0 Å². The Bertz CT molecular complexity index is 1090. The summed E-state index contributed by atoms with van der Waals surface area (Å²) in [5, 5.41) is 12.8. The zero-order chi connectivity index (χ0) is 21.1. The molecule has 1 saturated heterocycles. The van der Waals surface area contributed by atoms with Crippen LogP contribution in [0.2, 0.25) is 0 Å². The smallest absolute Gasteiger partial charge is 0.323 e. The fourth-order valence-electron chi connectivity index (χ4n) is 3.11. The second kappa shape index (κ2) is 8.46. The Hall–Kier alpha value is -3.53. The molecule has 0 aromatic carbocycles. The van der Waals surface area contributed by atoms with Crippen molar-refractivity contribution in [2.24, 2.45) is 0 Å². The monoisotopic (exact) mass is 424 g/mol. The number of amides is 1. The van der Waals surface area contributed by atoms with Crippen molar-refractivity contribution in [3.63, 3.8) is 0 Å². The van der Waals surface area contributed by atoms with E-state index in [0.717, 1.165) is 22.0 Å². The fraction of sp³-hybridized carbons (Fsp3) is 0.250. The van der Waals surface area contributed by atoms with Crippen LogP contribution in [0.15, 0.2) is 42.7 Å². The van der Waals surface area contributed by atoms with Crippen molar-refractivity contribution in [2.45, 2.75) is 6.92 Å². The van der Waals surface area contributed by atoms with Crippen LogP contribution in [0.25, 0.3) is 10.6 Å². The minimum absolute atomic E-state index is 0.119. The molecular formula is C20H20N6O3S. The number of anilines is 3. The lowest BCUT2D eigenvalue weighted by molar-refractivity contribution is -0.144. The quantitative estimate of drug-likeness (QED) is 0.620. The molecule has 1 aliphatic rings. The Morgan fingerprint density at radius 2 is 2.10 bits per heavy atom. The molecule has 0 saturated carbocycles. The van der Waals surface area contributed by atoms with Crippen LogP contribution in [-0.4, -0.2) is 63.0 Å². The molecule has 0 bridgehead atoms. The molecule has 30 heavy (non-hydrogen) atoms. The average Bonchev–Trinajstić information content (AvgIpc) is 3.20. The van der Waals surface area contributed by atoms with Crippen LogP contribution in [0.5, 0.6) is 0 Å². The molecule has 1 amide bonds. The first kappa shape index (κ1) is 19.8. The van der Waals surface area contributed by atoms with E-state index in [-0.39, 0.29) is 19.0 Å². The Kier molecular flexibility index (Phi) is 5.57. The van der Waals surface area contributed by atoms with Crippen LogP contribution < -0.4 is 10.2 Å². The summed E-state index contributed by atoms with van der Waals surface area (Å²) in [7, 11) is 0. The molecule has 154 valence electrons. The van der Waals surface area contributed by atoms with Crippen LogP contribution in [-0.2, 0) is 9.59 Å². The highest BCUT2D eigenvalue weighted by Crippen LogP contribution is 2.31. The molecule has 0 aliphatic carbocycles. The Labute approximate surface area is 177 Å². The van der Waals surface area contributed by atoms with Gasteiger partial charge in [0.15, 0.2) is 5.13 Å². The molecule has 3 aromatic heterocycles. The van der Waals surface area contributed by atoms with E-state index in [1.165, 1.54) is 16.2 Å². The summed E-state index contributed by atoms with van der Waals surface area (Å²) in [5.41, 5.74) is 1.88. The van der Waals surface area contributed by atoms with Crippen LogP contribution in [0.1, 0.15) is 5.56 Å². The molecule has 0 radical (unpaired) electrons. The highest BCUT2D eigenvalue weighted by atomic mass is 32.1. The molecule has 10 heteroatoms.